The fraction of sp³-hybridized carbons (Fsp3) is 0.158. The lowest BCUT2D eigenvalue weighted by Crippen LogP contribution is -1.99. The summed E-state index contributed by atoms with van der Waals surface area (Å²) < 4.78 is 29.9. The van der Waals surface area contributed by atoms with Crippen LogP contribution in [0.15, 0.2) is 76.5 Å². The Morgan fingerprint density at radius 2 is 1.65 bits per heavy atom. The maximum absolute atomic E-state index is 12.4. The molecule has 0 saturated carbocycles. The highest BCUT2D eigenvalue weighted by Gasteiger charge is 2.11. The second-order valence-corrected chi connectivity index (χ2v) is 6.66. The SMILES string of the molecule is COCC/C(C#Cc1ccccc1)=C\S(=O)(=O)c1ccccc1. The van der Waals surface area contributed by atoms with Crippen molar-refractivity contribution in [2.45, 2.75) is 11.3 Å². The number of hydrogen-bond donors (Lipinski definition) is 0. The van der Waals surface area contributed by atoms with Crippen molar-refractivity contribution in [3.8, 4) is 11.8 Å². The van der Waals surface area contributed by atoms with Gasteiger partial charge >= 0.3 is 0 Å². The lowest BCUT2D eigenvalue weighted by molar-refractivity contribution is 0.203. The van der Waals surface area contributed by atoms with E-state index in [2.05, 4.69) is 11.8 Å². The fourth-order valence-corrected chi connectivity index (χ4v) is 3.13. The largest absolute Gasteiger partial charge is 0.384 e. The number of sulfone groups is 1. The second-order valence-electron chi connectivity index (χ2n) is 4.86. The zero-order chi connectivity index (χ0) is 16.5. The molecule has 0 bridgehead atoms. The van der Waals surface area contributed by atoms with Crippen molar-refractivity contribution in [1.82, 2.24) is 0 Å². The van der Waals surface area contributed by atoms with E-state index in [1.54, 1.807) is 37.4 Å². The molecule has 0 aromatic heterocycles. The van der Waals surface area contributed by atoms with Crippen LogP contribution in [0.1, 0.15) is 12.0 Å². The normalized spacial score (nSPS) is 11.6. The van der Waals surface area contributed by atoms with E-state index >= 15 is 0 Å². The second kappa shape index (κ2) is 8.33. The summed E-state index contributed by atoms with van der Waals surface area (Å²) in [5, 5.41) is 1.23. The molecule has 0 unspecified atom stereocenters. The van der Waals surface area contributed by atoms with Crippen LogP contribution in [0.5, 0.6) is 0 Å². The van der Waals surface area contributed by atoms with Crippen molar-refractivity contribution < 1.29 is 13.2 Å². The van der Waals surface area contributed by atoms with Crippen LogP contribution in [0.2, 0.25) is 0 Å². The van der Waals surface area contributed by atoms with Crippen molar-refractivity contribution in [2.24, 2.45) is 0 Å². The average molecular weight is 326 g/mol. The molecule has 0 aliphatic heterocycles. The molecule has 0 N–H and O–H groups in total. The smallest absolute Gasteiger partial charge is 0.200 e. The summed E-state index contributed by atoms with van der Waals surface area (Å²) in [6, 6.07) is 17.8. The van der Waals surface area contributed by atoms with Crippen LogP contribution in [0, 0.1) is 11.8 Å². The molecular weight excluding hydrogens is 308 g/mol. The highest BCUT2D eigenvalue weighted by Crippen LogP contribution is 2.15. The van der Waals surface area contributed by atoms with Gasteiger partial charge in [-0.05, 0) is 24.3 Å². The zero-order valence-electron chi connectivity index (χ0n) is 12.9. The van der Waals surface area contributed by atoms with Gasteiger partial charge in [-0.15, -0.1) is 0 Å². The third-order valence-electron chi connectivity index (χ3n) is 3.09. The van der Waals surface area contributed by atoms with Crippen LogP contribution in [-0.4, -0.2) is 22.1 Å². The van der Waals surface area contributed by atoms with E-state index < -0.39 is 9.84 Å². The van der Waals surface area contributed by atoms with Gasteiger partial charge in [0.15, 0.2) is 0 Å². The fourth-order valence-electron chi connectivity index (χ4n) is 1.90. The first-order valence-corrected chi connectivity index (χ1v) is 8.73. The predicted octanol–water partition coefficient (Wildman–Crippen LogP) is 3.43. The van der Waals surface area contributed by atoms with Gasteiger partial charge in [0.1, 0.15) is 0 Å². The number of hydrogen-bond acceptors (Lipinski definition) is 3. The quantitative estimate of drug-likeness (QED) is 0.791. The molecule has 3 nitrogen and oxygen atoms in total. The van der Waals surface area contributed by atoms with E-state index in [4.69, 9.17) is 4.74 Å². The highest BCUT2D eigenvalue weighted by atomic mass is 32.2. The minimum atomic E-state index is -3.51. The van der Waals surface area contributed by atoms with Crippen LogP contribution >= 0.6 is 0 Å². The van der Waals surface area contributed by atoms with E-state index in [0.717, 1.165) is 5.56 Å². The van der Waals surface area contributed by atoms with Gasteiger partial charge in [-0.1, -0.05) is 48.2 Å². The molecule has 0 aliphatic carbocycles. The summed E-state index contributed by atoms with van der Waals surface area (Å²) in [5.41, 5.74) is 1.37. The molecule has 23 heavy (non-hydrogen) atoms. The molecule has 0 heterocycles. The Balaban J connectivity index is 2.33. The molecule has 0 radical (unpaired) electrons. The third kappa shape index (κ3) is 5.41. The van der Waals surface area contributed by atoms with Crippen LogP contribution in [0.4, 0.5) is 0 Å². The van der Waals surface area contributed by atoms with Gasteiger partial charge in [0.05, 0.1) is 11.5 Å². The Morgan fingerprint density at radius 1 is 1.04 bits per heavy atom. The highest BCUT2D eigenvalue weighted by molar-refractivity contribution is 7.94. The Labute approximate surface area is 137 Å². The molecular formula is C19H18O3S. The standard InChI is InChI=1S/C19H18O3S/c1-22-15-14-18(13-12-17-8-4-2-5-9-17)16-23(20,21)19-10-6-3-7-11-19/h2-11,16H,14-15H2,1H3/b18-16-. The number of methoxy groups -OCH3 is 1. The molecule has 118 valence electrons. The minimum absolute atomic E-state index is 0.261. The topological polar surface area (TPSA) is 43.4 Å². The monoisotopic (exact) mass is 326 g/mol. The first kappa shape index (κ1) is 17.0. The molecule has 2 rings (SSSR count). The maximum Gasteiger partial charge on any atom is 0.200 e. The molecule has 4 heteroatoms. The van der Waals surface area contributed by atoms with Crippen molar-refractivity contribution in [2.75, 3.05) is 13.7 Å². The van der Waals surface area contributed by atoms with Gasteiger partial charge in [0, 0.05) is 30.1 Å². The number of ether oxygens (including phenoxy) is 1. The Kier molecular flexibility index (Phi) is 6.16. The summed E-state index contributed by atoms with van der Waals surface area (Å²) in [6.07, 6.45) is 0.447. The van der Waals surface area contributed by atoms with Gasteiger partial charge in [-0.2, -0.15) is 0 Å². The van der Waals surface area contributed by atoms with E-state index in [0.29, 0.717) is 18.6 Å². The Hall–Kier alpha value is -2.35. The Morgan fingerprint density at radius 3 is 2.26 bits per heavy atom. The summed E-state index contributed by atoms with van der Waals surface area (Å²) in [4.78, 5) is 0.261. The number of rotatable bonds is 5. The third-order valence-corrected chi connectivity index (χ3v) is 4.61. The Bertz CT molecular complexity index is 811. The zero-order valence-corrected chi connectivity index (χ0v) is 13.7. The summed E-state index contributed by atoms with van der Waals surface area (Å²) in [6.45, 7) is 0.416. The van der Waals surface area contributed by atoms with Crippen molar-refractivity contribution in [1.29, 1.82) is 0 Å². The van der Waals surface area contributed by atoms with E-state index in [1.165, 1.54) is 5.41 Å². The summed E-state index contributed by atoms with van der Waals surface area (Å²) in [5.74, 6) is 5.94. The van der Waals surface area contributed by atoms with Crippen molar-refractivity contribution in [3.63, 3.8) is 0 Å². The van der Waals surface area contributed by atoms with Crippen molar-refractivity contribution in [3.05, 3.63) is 77.2 Å². The first-order valence-electron chi connectivity index (χ1n) is 7.18. The molecule has 0 saturated heterocycles. The molecule has 2 aromatic carbocycles. The van der Waals surface area contributed by atoms with Crippen LogP contribution in [-0.2, 0) is 14.6 Å². The van der Waals surface area contributed by atoms with Gasteiger partial charge < -0.3 is 4.74 Å². The minimum Gasteiger partial charge on any atom is -0.384 e. The lowest BCUT2D eigenvalue weighted by Gasteiger charge is -2.02. The first-order chi connectivity index (χ1) is 11.1. The molecule has 0 spiro atoms. The van der Waals surface area contributed by atoms with Crippen LogP contribution in [0.25, 0.3) is 0 Å². The van der Waals surface area contributed by atoms with Crippen LogP contribution < -0.4 is 0 Å². The van der Waals surface area contributed by atoms with Crippen molar-refractivity contribution >= 4 is 9.84 Å². The molecule has 0 atom stereocenters. The van der Waals surface area contributed by atoms with Gasteiger partial charge in [-0.3, -0.25) is 0 Å². The van der Waals surface area contributed by atoms with Gasteiger partial charge in [-0.25, -0.2) is 8.42 Å². The summed E-state index contributed by atoms with van der Waals surface area (Å²) >= 11 is 0. The predicted molar refractivity (Wildman–Crippen MR) is 91.5 cm³/mol. The van der Waals surface area contributed by atoms with Gasteiger partial charge in [0.25, 0.3) is 0 Å². The molecule has 0 aliphatic rings. The lowest BCUT2D eigenvalue weighted by atomic mass is 10.2. The molecule has 2 aromatic rings. The van der Waals surface area contributed by atoms with E-state index in [9.17, 15) is 8.42 Å². The number of benzene rings is 2. The molecule has 0 amide bonds. The van der Waals surface area contributed by atoms with E-state index in [-0.39, 0.29) is 4.90 Å². The van der Waals surface area contributed by atoms with Gasteiger partial charge in [0.2, 0.25) is 9.84 Å². The average Bonchev–Trinajstić information content (AvgIpc) is 2.59. The maximum atomic E-state index is 12.4. The van der Waals surface area contributed by atoms with E-state index in [1.807, 2.05) is 30.3 Å². The molecule has 0 fully saturated rings. The summed E-state index contributed by atoms with van der Waals surface area (Å²) in [7, 11) is -1.94. The van der Waals surface area contributed by atoms with Crippen LogP contribution in [0.3, 0.4) is 0 Å².